The van der Waals surface area contributed by atoms with Gasteiger partial charge in [-0.05, 0) is 17.7 Å². The second-order valence-electron chi connectivity index (χ2n) is 4.93. The number of amides is 2. The van der Waals surface area contributed by atoms with Crippen molar-refractivity contribution in [1.82, 2.24) is 10.3 Å². The van der Waals surface area contributed by atoms with Crippen LogP contribution in [0.5, 0.6) is 0 Å². The molecule has 2 rings (SSSR count). The van der Waals surface area contributed by atoms with Gasteiger partial charge in [0, 0.05) is 24.4 Å². The number of hydrogen-bond donors (Lipinski definition) is 3. The van der Waals surface area contributed by atoms with E-state index in [4.69, 9.17) is 11.5 Å². The van der Waals surface area contributed by atoms with Crippen LogP contribution in [-0.4, -0.2) is 16.8 Å². The Hall–Kier alpha value is -3.10. The Labute approximate surface area is 134 Å². The Kier molecular flexibility index (Phi) is 5.02. The number of carbonyl (C=O) groups is 2. The first kappa shape index (κ1) is 17.3. The van der Waals surface area contributed by atoms with Gasteiger partial charge in [0.1, 0.15) is 17.6 Å². The van der Waals surface area contributed by atoms with Crippen LogP contribution in [0.1, 0.15) is 17.0 Å². The number of nitrogen functional groups attached to an aromatic ring is 1. The SMILES string of the molecule is NC(=O)[C@@H](C(=O)NCc1ccc(N)nc1)c1cc(F)c(F)cc1F. The molecule has 2 aromatic rings. The van der Waals surface area contributed by atoms with E-state index in [2.05, 4.69) is 10.3 Å². The van der Waals surface area contributed by atoms with Crippen molar-refractivity contribution in [3.8, 4) is 0 Å². The van der Waals surface area contributed by atoms with E-state index in [9.17, 15) is 22.8 Å². The van der Waals surface area contributed by atoms with Gasteiger partial charge < -0.3 is 16.8 Å². The minimum absolute atomic E-state index is 0.0405. The van der Waals surface area contributed by atoms with Gasteiger partial charge in [0.05, 0.1) is 0 Å². The smallest absolute Gasteiger partial charge is 0.237 e. The number of aromatic nitrogens is 1. The minimum atomic E-state index is -1.80. The van der Waals surface area contributed by atoms with Gasteiger partial charge in [0.2, 0.25) is 11.8 Å². The van der Waals surface area contributed by atoms with Crippen molar-refractivity contribution in [3.05, 3.63) is 59.0 Å². The summed E-state index contributed by atoms with van der Waals surface area (Å²) in [6.45, 7) is -0.0405. The lowest BCUT2D eigenvalue weighted by Crippen LogP contribution is -2.37. The minimum Gasteiger partial charge on any atom is -0.384 e. The van der Waals surface area contributed by atoms with Crippen molar-refractivity contribution >= 4 is 17.6 Å². The molecule has 126 valence electrons. The number of anilines is 1. The highest BCUT2D eigenvalue weighted by Crippen LogP contribution is 2.22. The lowest BCUT2D eigenvalue weighted by molar-refractivity contribution is -0.130. The van der Waals surface area contributed by atoms with Gasteiger partial charge in [-0.25, -0.2) is 18.2 Å². The Bertz CT molecular complexity index is 781. The number of pyridine rings is 1. The van der Waals surface area contributed by atoms with E-state index in [0.717, 1.165) is 0 Å². The maximum atomic E-state index is 13.8. The second-order valence-corrected chi connectivity index (χ2v) is 4.93. The van der Waals surface area contributed by atoms with E-state index in [-0.39, 0.29) is 18.4 Å². The standard InChI is InChI=1S/C15H13F3N4O2/c16-9-4-11(18)10(17)3-8(9)13(14(20)23)15(24)22-6-7-1-2-12(19)21-5-7/h1-5,13H,6H2,(H2,19,21)(H2,20,23)(H,22,24)/t13-/m0/s1. The number of benzene rings is 1. The fraction of sp³-hybridized carbons (Fsp3) is 0.133. The van der Waals surface area contributed by atoms with Crippen LogP contribution < -0.4 is 16.8 Å². The molecule has 0 aliphatic rings. The van der Waals surface area contributed by atoms with Crippen molar-refractivity contribution in [1.29, 1.82) is 0 Å². The molecule has 5 N–H and O–H groups in total. The lowest BCUT2D eigenvalue weighted by Gasteiger charge is -2.15. The van der Waals surface area contributed by atoms with Crippen molar-refractivity contribution in [2.24, 2.45) is 5.73 Å². The largest absolute Gasteiger partial charge is 0.384 e. The summed E-state index contributed by atoms with van der Waals surface area (Å²) in [5.41, 5.74) is 10.4. The summed E-state index contributed by atoms with van der Waals surface area (Å²) < 4.78 is 40.1. The molecule has 9 heteroatoms. The number of hydrogen-bond acceptors (Lipinski definition) is 4. The molecule has 1 heterocycles. The predicted molar refractivity (Wildman–Crippen MR) is 78.7 cm³/mol. The summed E-state index contributed by atoms with van der Waals surface area (Å²) in [5.74, 6) is -7.76. The van der Waals surface area contributed by atoms with Gasteiger partial charge in [-0.15, -0.1) is 0 Å². The van der Waals surface area contributed by atoms with Crippen LogP contribution in [0.2, 0.25) is 0 Å². The summed E-state index contributed by atoms with van der Waals surface area (Å²) >= 11 is 0. The molecule has 0 spiro atoms. The van der Waals surface area contributed by atoms with E-state index in [1.165, 1.54) is 12.3 Å². The van der Waals surface area contributed by atoms with E-state index < -0.39 is 40.7 Å². The normalized spacial score (nSPS) is 11.8. The van der Waals surface area contributed by atoms with Gasteiger partial charge in [-0.1, -0.05) is 6.07 Å². The van der Waals surface area contributed by atoms with Gasteiger partial charge in [-0.3, -0.25) is 9.59 Å². The molecule has 2 amide bonds. The zero-order valence-corrected chi connectivity index (χ0v) is 12.2. The first-order valence-corrected chi connectivity index (χ1v) is 6.71. The molecule has 0 aliphatic heterocycles. The molecule has 6 nitrogen and oxygen atoms in total. The van der Waals surface area contributed by atoms with E-state index in [1.807, 2.05) is 0 Å². The number of nitrogens with two attached hydrogens (primary N) is 2. The fourth-order valence-corrected chi connectivity index (χ4v) is 2.01. The summed E-state index contributed by atoms with van der Waals surface area (Å²) in [5, 5.41) is 2.36. The second kappa shape index (κ2) is 6.99. The van der Waals surface area contributed by atoms with Crippen LogP contribution in [0.4, 0.5) is 19.0 Å². The first-order chi connectivity index (χ1) is 11.3. The van der Waals surface area contributed by atoms with Gasteiger partial charge in [0.25, 0.3) is 0 Å². The lowest BCUT2D eigenvalue weighted by atomic mass is 9.96. The number of carbonyl (C=O) groups excluding carboxylic acids is 2. The Morgan fingerprint density at radius 2 is 1.79 bits per heavy atom. The van der Waals surface area contributed by atoms with Crippen LogP contribution in [0, 0.1) is 17.5 Å². The van der Waals surface area contributed by atoms with E-state index in [1.54, 1.807) is 6.07 Å². The third-order valence-corrected chi connectivity index (χ3v) is 3.21. The molecule has 0 fully saturated rings. The highest BCUT2D eigenvalue weighted by molar-refractivity contribution is 6.05. The molecule has 0 aliphatic carbocycles. The van der Waals surface area contributed by atoms with Crippen LogP contribution in [0.15, 0.2) is 30.5 Å². The maximum absolute atomic E-state index is 13.8. The third kappa shape index (κ3) is 3.80. The summed E-state index contributed by atoms with van der Waals surface area (Å²) in [6, 6.07) is 3.77. The molecular formula is C15H13F3N4O2. The van der Waals surface area contributed by atoms with E-state index in [0.29, 0.717) is 11.6 Å². The monoisotopic (exact) mass is 338 g/mol. The zero-order valence-electron chi connectivity index (χ0n) is 12.2. The van der Waals surface area contributed by atoms with Crippen molar-refractivity contribution in [3.63, 3.8) is 0 Å². The molecule has 1 atom stereocenters. The quantitative estimate of drug-likeness (QED) is 0.557. The molecule has 1 aromatic carbocycles. The van der Waals surface area contributed by atoms with Crippen LogP contribution >= 0.6 is 0 Å². The molecule has 0 bridgehead atoms. The average Bonchev–Trinajstić information content (AvgIpc) is 2.51. The van der Waals surface area contributed by atoms with Crippen LogP contribution in [0.3, 0.4) is 0 Å². The molecule has 24 heavy (non-hydrogen) atoms. The van der Waals surface area contributed by atoms with Gasteiger partial charge in [0.15, 0.2) is 11.6 Å². The Morgan fingerprint density at radius 1 is 1.12 bits per heavy atom. The molecule has 0 unspecified atom stereocenters. The summed E-state index contributed by atoms with van der Waals surface area (Å²) in [6.07, 6.45) is 1.40. The molecule has 0 saturated heterocycles. The molecule has 1 aromatic heterocycles. The highest BCUT2D eigenvalue weighted by Gasteiger charge is 2.30. The van der Waals surface area contributed by atoms with Crippen molar-refractivity contribution in [2.75, 3.05) is 5.73 Å². The van der Waals surface area contributed by atoms with Crippen molar-refractivity contribution < 1.29 is 22.8 Å². The van der Waals surface area contributed by atoms with E-state index >= 15 is 0 Å². The number of nitrogens with zero attached hydrogens (tertiary/aromatic N) is 1. The third-order valence-electron chi connectivity index (χ3n) is 3.21. The Balaban J connectivity index is 2.21. The predicted octanol–water partition coefficient (Wildman–Crippen LogP) is 0.966. The topological polar surface area (TPSA) is 111 Å². The molecule has 0 radical (unpaired) electrons. The maximum Gasteiger partial charge on any atom is 0.237 e. The highest BCUT2D eigenvalue weighted by atomic mass is 19.2. The fourth-order valence-electron chi connectivity index (χ4n) is 2.01. The van der Waals surface area contributed by atoms with Crippen LogP contribution in [-0.2, 0) is 16.1 Å². The first-order valence-electron chi connectivity index (χ1n) is 6.71. The molecular weight excluding hydrogens is 325 g/mol. The zero-order chi connectivity index (χ0) is 17.9. The summed E-state index contributed by atoms with van der Waals surface area (Å²) in [7, 11) is 0. The number of nitrogens with one attached hydrogen (secondary N) is 1. The number of rotatable bonds is 5. The number of primary amides is 1. The summed E-state index contributed by atoms with van der Waals surface area (Å²) in [4.78, 5) is 27.4. The average molecular weight is 338 g/mol. The van der Waals surface area contributed by atoms with Gasteiger partial charge in [-0.2, -0.15) is 0 Å². The van der Waals surface area contributed by atoms with Crippen molar-refractivity contribution in [2.45, 2.75) is 12.5 Å². The molecule has 0 saturated carbocycles. The number of halogens is 3. The van der Waals surface area contributed by atoms with Crippen LogP contribution in [0.25, 0.3) is 0 Å². The van der Waals surface area contributed by atoms with Gasteiger partial charge >= 0.3 is 0 Å². The Morgan fingerprint density at radius 3 is 2.38 bits per heavy atom.